The summed E-state index contributed by atoms with van der Waals surface area (Å²) in [7, 11) is 4.87. The number of guanidine groups is 1. The minimum Gasteiger partial charge on any atom is -0.493 e. The maximum atomic E-state index is 5.59. The first-order valence-electron chi connectivity index (χ1n) is 9.81. The minimum absolute atomic E-state index is 0. The lowest BCUT2D eigenvalue weighted by Gasteiger charge is -2.37. The summed E-state index contributed by atoms with van der Waals surface area (Å²) < 4.78 is 16.4. The van der Waals surface area contributed by atoms with E-state index >= 15 is 0 Å². The molecular weight excluding hydrogens is 515 g/mol. The standard InChI is InChI=1S/C21H30N4O3S.HI/c1-5-22-21(25-12-10-24(11-13-25)18-7-6-14-29-18)23-15-16-8-9-17(26-2)20(28-4)19(16)27-3;/h6-9,14H,5,10-13,15H2,1-4H3,(H,22,23);1H. The van der Waals surface area contributed by atoms with Crippen LogP contribution >= 0.6 is 35.3 Å². The summed E-state index contributed by atoms with van der Waals surface area (Å²) in [5, 5.41) is 6.89. The Morgan fingerprint density at radius 2 is 1.77 bits per heavy atom. The van der Waals surface area contributed by atoms with Gasteiger partial charge in [-0.2, -0.15) is 0 Å². The number of nitrogens with zero attached hydrogens (tertiary/aromatic N) is 3. The SMILES string of the molecule is CCNC(=NCc1ccc(OC)c(OC)c1OC)N1CCN(c2cccs2)CC1.I. The van der Waals surface area contributed by atoms with Crippen molar-refractivity contribution >= 4 is 46.3 Å². The third-order valence-electron chi connectivity index (χ3n) is 4.92. The second-order valence-corrected chi connectivity index (χ2v) is 7.52. The molecule has 0 bridgehead atoms. The zero-order valence-corrected chi connectivity index (χ0v) is 21.2. The highest BCUT2D eigenvalue weighted by Gasteiger charge is 2.21. The highest BCUT2D eigenvalue weighted by atomic mass is 127. The van der Waals surface area contributed by atoms with Crippen molar-refractivity contribution in [1.29, 1.82) is 0 Å². The van der Waals surface area contributed by atoms with Crippen molar-refractivity contribution in [1.82, 2.24) is 10.2 Å². The van der Waals surface area contributed by atoms with E-state index in [1.54, 1.807) is 32.7 Å². The Balaban J connectivity index is 0.00000320. The Morgan fingerprint density at radius 3 is 2.33 bits per heavy atom. The van der Waals surface area contributed by atoms with E-state index in [-0.39, 0.29) is 24.0 Å². The Bertz CT molecular complexity index is 809. The van der Waals surface area contributed by atoms with Crippen molar-refractivity contribution in [2.75, 3.05) is 59.0 Å². The molecule has 3 rings (SSSR count). The molecule has 1 saturated heterocycles. The molecule has 2 aromatic rings. The van der Waals surface area contributed by atoms with E-state index in [1.165, 1.54) is 5.00 Å². The summed E-state index contributed by atoms with van der Waals surface area (Å²) in [6, 6.07) is 8.15. The van der Waals surface area contributed by atoms with Gasteiger partial charge in [0.05, 0.1) is 32.9 Å². The van der Waals surface area contributed by atoms with E-state index in [1.807, 2.05) is 12.1 Å². The summed E-state index contributed by atoms with van der Waals surface area (Å²) in [5.74, 6) is 2.83. The van der Waals surface area contributed by atoms with Gasteiger partial charge in [-0.25, -0.2) is 4.99 Å². The molecule has 1 aliphatic rings. The number of ether oxygens (including phenoxy) is 3. The van der Waals surface area contributed by atoms with Gasteiger partial charge in [0, 0.05) is 38.3 Å². The smallest absolute Gasteiger partial charge is 0.203 e. The van der Waals surface area contributed by atoms with Gasteiger partial charge in [0.15, 0.2) is 17.5 Å². The van der Waals surface area contributed by atoms with Crippen LogP contribution in [0.3, 0.4) is 0 Å². The number of methoxy groups -OCH3 is 3. The molecule has 0 unspecified atom stereocenters. The second kappa shape index (κ2) is 12.1. The van der Waals surface area contributed by atoms with Crippen molar-refractivity contribution in [2.24, 2.45) is 4.99 Å². The van der Waals surface area contributed by atoms with Crippen LogP contribution in [0.15, 0.2) is 34.6 Å². The average Bonchev–Trinajstić information content (AvgIpc) is 3.31. The molecule has 0 aliphatic carbocycles. The lowest BCUT2D eigenvalue weighted by Crippen LogP contribution is -2.52. The lowest BCUT2D eigenvalue weighted by atomic mass is 10.1. The molecule has 1 aromatic carbocycles. The van der Waals surface area contributed by atoms with E-state index in [4.69, 9.17) is 19.2 Å². The molecule has 1 aliphatic heterocycles. The average molecular weight is 546 g/mol. The molecule has 0 spiro atoms. The van der Waals surface area contributed by atoms with Crippen LogP contribution in [0.2, 0.25) is 0 Å². The van der Waals surface area contributed by atoms with E-state index in [9.17, 15) is 0 Å². The van der Waals surface area contributed by atoms with Crippen molar-refractivity contribution in [2.45, 2.75) is 13.5 Å². The predicted octanol–water partition coefficient (Wildman–Crippen LogP) is 3.68. The van der Waals surface area contributed by atoms with E-state index in [0.717, 1.165) is 44.2 Å². The number of thiophene rings is 1. The Morgan fingerprint density at radius 1 is 1.03 bits per heavy atom. The number of hydrogen-bond donors (Lipinski definition) is 1. The predicted molar refractivity (Wildman–Crippen MR) is 134 cm³/mol. The van der Waals surface area contributed by atoms with Gasteiger partial charge in [-0.3, -0.25) is 0 Å². The normalized spacial score (nSPS) is 14.2. The monoisotopic (exact) mass is 546 g/mol. The second-order valence-electron chi connectivity index (χ2n) is 6.59. The topological polar surface area (TPSA) is 58.6 Å². The molecule has 7 nitrogen and oxygen atoms in total. The van der Waals surface area contributed by atoms with Gasteiger partial charge in [-0.15, -0.1) is 35.3 Å². The number of nitrogens with one attached hydrogen (secondary N) is 1. The number of piperazine rings is 1. The Labute approximate surface area is 200 Å². The van der Waals surface area contributed by atoms with Crippen molar-refractivity contribution in [3.05, 3.63) is 35.2 Å². The molecular formula is C21H31IN4O3S. The molecule has 0 amide bonds. The van der Waals surface area contributed by atoms with Gasteiger partial charge in [-0.1, -0.05) is 0 Å². The third kappa shape index (κ3) is 5.63. The molecule has 0 radical (unpaired) electrons. The maximum absolute atomic E-state index is 5.59. The van der Waals surface area contributed by atoms with Gasteiger partial charge in [-0.05, 0) is 36.6 Å². The van der Waals surface area contributed by atoms with Crippen LogP contribution in [-0.4, -0.2) is 64.9 Å². The van der Waals surface area contributed by atoms with Crippen molar-refractivity contribution < 1.29 is 14.2 Å². The molecule has 166 valence electrons. The van der Waals surface area contributed by atoms with E-state index < -0.39 is 0 Å². The number of rotatable bonds is 7. The Hall–Kier alpha value is -1.88. The van der Waals surface area contributed by atoms with Crippen LogP contribution in [0.5, 0.6) is 17.2 Å². The molecule has 1 N–H and O–H groups in total. The largest absolute Gasteiger partial charge is 0.493 e. The zero-order valence-electron chi connectivity index (χ0n) is 18.0. The van der Waals surface area contributed by atoms with Gasteiger partial charge in [0.2, 0.25) is 5.75 Å². The highest BCUT2D eigenvalue weighted by molar-refractivity contribution is 14.0. The van der Waals surface area contributed by atoms with Crippen LogP contribution < -0.4 is 24.4 Å². The minimum atomic E-state index is 0. The fraction of sp³-hybridized carbons (Fsp3) is 0.476. The summed E-state index contributed by atoms with van der Waals surface area (Å²) in [6.45, 7) is 7.27. The molecule has 1 fully saturated rings. The third-order valence-corrected chi connectivity index (χ3v) is 5.85. The molecule has 9 heteroatoms. The summed E-state index contributed by atoms with van der Waals surface area (Å²) in [5.41, 5.74) is 0.956. The van der Waals surface area contributed by atoms with Crippen LogP contribution in [-0.2, 0) is 6.54 Å². The van der Waals surface area contributed by atoms with Crippen LogP contribution in [0.1, 0.15) is 12.5 Å². The highest BCUT2D eigenvalue weighted by Crippen LogP contribution is 2.40. The molecule has 2 heterocycles. The fourth-order valence-electron chi connectivity index (χ4n) is 3.46. The number of anilines is 1. The number of benzene rings is 1. The molecule has 0 saturated carbocycles. The quantitative estimate of drug-likeness (QED) is 0.325. The zero-order chi connectivity index (χ0) is 20.6. The van der Waals surface area contributed by atoms with E-state index in [2.05, 4.69) is 39.6 Å². The summed E-state index contributed by atoms with van der Waals surface area (Å²) in [6.07, 6.45) is 0. The van der Waals surface area contributed by atoms with Gasteiger partial charge in [0.25, 0.3) is 0 Å². The van der Waals surface area contributed by atoms with Gasteiger partial charge < -0.3 is 29.3 Å². The first kappa shape index (κ1) is 24.4. The van der Waals surface area contributed by atoms with Gasteiger partial charge in [0.1, 0.15) is 0 Å². The number of hydrogen-bond acceptors (Lipinski definition) is 6. The Kier molecular flexibility index (Phi) is 9.83. The maximum Gasteiger partial charge on any atom is 0.203 e. The first-order valence-corrected chi connectivity index (χ1v) is 10.7. The lowest BCUT2D eigenvalue weighted by molar-refractivity contribution is 0.322. The summed E-state index contributed by atoms with van der Waals surface area (Å²) >= 11 is 1.79. The van der Waals surface area contributed by atoms with Crippen LogP contribution in [0, 0.1) is 0 Å². The number of aliphatic imine (C=N–C) groups is 1. The molecule has 0 atom stereocenters. The van der Waals surface area contributed by atoms with E-state index in [0.29, 0.717) is 23.8 Å². The molecule has 1 aromatic heterocycles. The number of halogens is 1. The van der Waals surface area contributed by atoms with Crippen molar-refractivity contribution in [3.63, 3.8) is 0 Å². The van der Waals surface area contributed by atoms with Crippen molar-refractivity contribution in [3.8, 4) is 17.2 Å². The fourth-order valence-corrected chi connectivity index (χ4v) is 4.25. The van der Waals surface area contributed by atoms with Crippen LogP contribution in [0.25, 0.3) is 0 Å². The van der Waals surface area contributed by atoms with Crippen LogP contribution in [0.4, 0.5) is 5.00 Å². The van der Waals surface area contributed by atoms with Gasteiger partial charge >= 0.3 is 0 Å². The summed E-state index contributed by atoms with van der Waals surface area (Å²) in [4.78, 5) is 9.63. The first-order chi connectivity index (χ1) is 14.2. The molecule has 30 heavy (non-hydrogen) atoms.